The van der Waals surface area contributed by atoms with Gasteiger partial charge in [-0.3, -0.25) is 0 Å². The third-order valence-corrected chi connectivity index (χ3v) is 9.56. The van der Waals surface area contributed by atoms with Crippen molar-refractivity contribution < 1.29 is 8.81 Å². The molecule has 1 nitrogen and oxygen atoms in total. The first kappa shape index (κ1) is 30.2. The Kier molecular flexibility index (Phi) is 12.3. The number of rotatable bonds is 16. The van der Waals surface area contributed by atoms with Crippen molar-refractivity contribution >= 4 is 34.0 Å². The van der Waals surface area contributed by atoms with Gasteiger partial charge in [-0.2, -0.15) is 0 Å². The molecule has 0 aliphatic heterocycles. The van der Waals surface area contributed by atoms with Gasteiger partial charge in [-0.25, -0.2) is 4.39 Å². The number of hydrogen-bond donors (Lipinski definition) is 0. The number of hydrogen-bond acceptors (Lipinski definition) is 2. The van der Waals surface area contributed by atoms with Crippen LogP contribution in [0.2, 0.25) is 0 Å². The fourth-order valence-corrected chi connectivity index (χ4v) is 6.99. The van der Waals surface area contributed by atoms with Crippen molar-refractivity contribution in [2.45, 2.75) is 142 Å². The molecule has 1 fully saturated rings. The molecule has 1 aromatic heterocycles. The lowest BCUT2D eigenvalue weighted by Gasteiger charge is -2.29. The minimum absolute atomic E-state index is 0.223. The second-order valence-corrected chi connectivity index (χ2v) is 12.6. The zero-order valence-corrected chi connectivity index (χ0v) is 25.5. The Morgan fingerprint density at radius 1 is 0.718 bits per heavy atom. The maximum Gasteiger partial charge on any atom is 0.198 e. The lowest BCUT2D eigenvalue weighted by Crippen LogP contribution is -2.13. The maximum absolute atomic E-state index is 15.5. The predicted molar refractivity (Wildman–Crippen MR) is 169 cm³/mol. The molecule has 0 amide bonds. The van der Waals surface area contributed by atoms with Crippen LogP contribution in [0, 0.1) is 16.4 Å². The van der Waals surface area contributed by atoms with E-state index in [-0.39, 0.29) is 5.82 Å². The summed E-state index contributed by atoms with van der Waals surface area (Å²) in [6.07, 6.45) is 24.3. The molecule has 1 heterocycles. The van der Waals surface area contributed by atoms with Gasteiger partial charge in [0.1, 0.15) is 0 Å². The second kappa shape index (κ2) is 15.9. The van der Waals surface area contributed by atoms with Crippen LogP contribution < -0.4 is 0 Å². The quantitative estimate of drug-likeness (QED) is 0.0999. The summed E-state index contributed by atoms with van der Waals surface area (Å²) in [5.74, 6) is 1.28. The zero-order chi connectivity index (χ0) is 27.5. The first-order chi connectivity index (χ1) is 19.1. The average Bonchev–Trinajstić information content (AvgIpc) is 2.96. The SMILES string of the molecule is CCCCCCCCCc1ccc2c(oc(=S)c3cc(C4CCC(CCCCCCCC)CC4)ccc32)c1F. The largest absolute Gasteiger partial charge is 0.441 e. The summed E-state index contributed by atoms with van der Waals surface area (Å²) in [6.45, 7) is 4.53. The van der Waals surface area contributed by atoms with E-state index in [2.05, 4.69) is 32.0 Å². The molecule has 0 atom stereocenters. The van der Waals surface area contributed by atoms with Gasteiger partial charge in [0.2, 0.25) is 0 Å². The van der Waals surface area contributed by atoms with Gasteiger partial charge in [-0.05, 0) is 85.2 Å². The number of benzene rings is 2. The fourth-order valence-electron chi connectivity index (χ4n) is 6.74. The second-order valence-electron chi connectivity index (χ2n) is 12.3. The van der Waals surface area contributed by atoms with E-state index in [1.165, 1.54) is 108 Å². The van der Waals surface area contributed by atoms with Crippen LogP contribution in [0.3, 0.4) is 0 Å². The highest BCUT2D eigenvalue weighted by atomic mass is 32.1. The normalized spacial score (nSPS) is 17.8. The molecule has 3 heteroatoms. The van der Waals surface area contributed by atoms with E-state index >= 15 is 4.39 Å². The molecule has 214 valence electrons. The van der Waals surface area contributed by atoms with E-state index in [1.54, 1.807) is 0 Å². The minimum Gasteiger partial charge on any atom is -0.441 e. The summed E-state index contributed by atoms with van der Waals surface area (Å²) in [6, 6.07) is 10.7. The van der Waals surface area contributed by atoms with Gasteiger partial charge in [0, 0.05) is 10.8 Å². The van der Waals surface area contributed by atoms with Crippen LogP contribution >= 0.6 is 12.2 Å². The van der Waals surface area contributed by atoms with E-state index in [4.69, 9.17) is 16.6 Å². The lowest BCUT2D eigenvalue weighted by atomic mass is 9.76. The number of aryl methyl sites for hydroxylation is 1. The summed E-state index contributed by atoms with van der Waals surface area (Å²) in [7, 11) is 0. The van der Waals surface area contributed by atoms with Gasteiger partial charge in [-0.15, -0.1) is 0 Å². The van der Waals surface area contributed by atoms with Crippen molar-refractivity contribution in [3.8, 4) is 0 Å². The highest BCUT2D eigenvalue weighted by Crippen LogP contribution is 2.40. The first-order valence-corrected chi connectivity index (χ1v) is 16.7. The van der Waals surface area contributed by atoms with Crippen LogP contribution in [-0.4, -0.2) is 0 Å². The van der Waals surface area contributed by atoms with Crippen molar-refractivity contribution in [3.05, 3.63) is 52.0 Å². The van der Waals surface area contributed by atoms with Crippen LogP contribution in [0.25, 0.3) is 21.7 Å². The summed E-state index contributed by atoms with van der Waals surface area (Å²) >= 11 is 5.67. The van der Waals surface area contributed by atoms with Crippen molar-refractivity contribution in [2.75, 3.05) is 0 Å². The third kappa shape index (κ3) is 8.38. The van der Waals surface area contributed by atoms with Crippen LogP contribution in [0.15, 0.2) is 34.7 Å². The third-order valence-electron chi connectivity index (χ3n) is 9.26. The highest BCUT2D eigenvalue weighted by Gasteiger charge is 2.23. The maximum atomic E-state index is 15.5. The highest BCUT2D eigenvalue weighted by molar-refractivity contribution is 7.71. The monoisotopic (exact) mass is 550 g/mol. The van der Waals surface area contributed by atoms with Crippen LogP contribution in [-0.2, 0) is 6.42 Å². The molecular weight excluding hydrogens is 499 g/mol. The van der Waals surface area contributed by atoms with Crippen molar-refractivity contribution in [3.63, 3.8) is 0 Å². The fraction of sp³-hybridized carbons (Fsp3) is 0.639. The van der Waals surface area contributed by atoms with Gasteiger partial charge >= 0.3 is 0 Å². The summed E-state index contributed by atoms with van der Waals surface area (Å²) in [5, 5.41) is 2.82. The van der Waals surface area contributed by atoms with E-state index in [0.717, 1.165) is 46.9 Å². The Morgan fingerprint density at radius 3 is 2.03 bits per heavy atom. The van der Waals surface area contributed by atoms with Crippen LogP contribution in [0.1, 0.15) is 146 Å². The Bertz CT molecular complexity index is 1220. The van der Waals surface area contributed by atoms with Gasteiger partial charge in [0.15, 0.2) is 16.1 Å². The average molecular weight is 551 g/mol. The summed E-state index contributed by atoms with van der Waals surface area (Å²) in [5.41, 5.74) is 2.45. The number of fused-ring (bicyclic) bond motifs is 3. The van der Waals surface area contributed by atoms with E-state index in [0.29, 0.717) is 16.2 Å². The Hall–Kier alpha value is -1.74. The molecule has 0 N–H and O–H groups in total. The Morgan fingerprint density at radius 2 is 1.33 bits per heavy atom. The molecule has 1 saturated carbocycles. The lowest BCUT2D eigenvalue weighted by molar-refractivity contribution is 0.302. The Labute approximate surface area is 242 Å². The first-order valence-electron chi connectivity index (χ1n) is 16.3. The molecule has 3 aromatic rings. The number of unbranched alkanes of at least 4 members (excludes halogenated alkanes) is 11. The molecule has 1 aliphatic rings. The molecular formula is C36H51FOS. The van der Waals surface area contributed by atoms with Gasteiger partial charge in [-0.1, -0.05) is 122 Å². The smallest absolute Gasteiger partial charge is 0.198 e. The molecule has 0 radical (unpaired) electrons. The summed E-state index contributed by atoms with van der Waals surface area (Å²) in [4.78, 5) is 0. The molecule has 0 unspecified atom stereocenters. The van der Waals surface area contributed by atoms with Gasteiger partial charge in [0.05, 0.1) is 0 Å². The summed E-state index contributed by atoms with van der Waals surface area (Å²) < 4.78 is 21.9. The van der Waals surface area contributed by atoms with Gasteiger partial charge in [0.25, 0.3) is 0 Å². The standard InChI is InChI=1S/C36H51FOS/c1-3-5-7-9-11-13-15-17-29-22-25-32-31-24-23-30(26-33(31)36(39)38-35(32)34(29)37)28-20-18-27(19-21-28)16-14-12-10-8-6-4-2/h22-28H,3-21H2,1-2H3. The van der Waals surface area contributed by atoms with E-state index in [1.807, 2.05) is 12.1 Å². The molecule has 4 rings (SSSR count). The topological polar surface area (TPSA) is 13.1 Å². The molecule has 0 spiro atoms. The molecule has 2 aromatic carbocycles. The van der Waals surface area contributed by atoms with Crippen molar-refractivity contribution in [1.82, 2.24) is 0 Å². The Balaban J connectivity index is 1.36. The van der Waals surface area contributed by atoms with E-state index in [9.17, 15) is 0 Å². The number of halogens is 1. The molecule has 39 heavy (non-hydrogen) atoms. The van der Waals surface area contributed by atoms with Crippen molar-refractivity contribution in [2.24, 2.45) is 5.92 Å². The van der Waals surface area contributed by atoms with Crippen LogP contribution in [0.4, 0.5) is 4.39 Å². The zero-order valence-electron chi connectivity index (χ0n) is 24.7. The minimum atomic E-state index is -0.223. The van der Waals surface area contributed by atoms with Crippen molar-refractivity contribution in [1.29, 1.82) is 0 Å². The molecule has 1 aliphatic carbocycles. The molecule has 0 saturated heterocycles. The van der Waals surface area contributed by atoms with E-state index < -0.39 is 0 Å². The molecule has 0 bridgehead atoms. The van der Waals surface area contributed by atoms with Gasteiger partial charge < -0.3 is 4.42 Å². The predicted octanol–water partition coefficient (Wildman–Crippen LogP) is 12.8. The van der Waals surface area contributed by atoms with Crippen LogP contribution in [0.5, 0.6) is 0 Å².